The van der Waals surface area contributed by atoms with E-state index in [0.717, 1.165) is 17.5 Å². The molecule has 0 spiro atoms. The van der Waals surface area contributed by atoms with E-state index >= 15 is 0 Å². The summed E-state index contributed by atoms with van der Waals surface area (Å²) < 4.78 is 24.1. The van der Waals surface area contributed by atoms with Gasteiger partial charge in [0, 0.05) is 31.7 Å². The number of hydrogen-bond donors (Lipinski definition) is 2. The van der Waals surface area contributed by atoms with E-state index in [0.29, 0.717) is 6.54 Å². The van der Waals surface area contributed by atoms with Gasteiger partial charge in [-0.15, -0.1) is 0 Å². The van der Waals surface area contributed by atoms with Crippen LogP contribution >= 0.6 is 0 Å². The molecule has 1 atom stereocenters. The predicted octanol–water partition coefficient (Wildman–Crippen LogP) is 0.0133. The molecule has 23 heavy (non-hydrogen) atoms. The van der Waals surface area contributed by atoms with Crippen LogP contribution in [-0.4, -0.2) is 46.1 Å². The molecule has 1 aromatic rings. The quantitative estimate of drug-likeness (QED) is 0.714. The van der Waals surface area contributed by atoms with Crippen molar-refractivity contribution in [3.05, 3.63) is 29.8 Å². The Morgan fingerprint density at radius 3 is 2.52 bits per heavy atom. The van der Waals surface area contributed by atoms with Crippen LogP contribution < -0.4 is 14.9 Å². The fraction of sp³-hybridized carbons (Fsp3) is 0.467. The molecule has 0 aliphatic carbocycles. The van der Waals surface area contributed by atoms with Crippen molar-refractivity contribution in [2.75, 3.05) is 30.8 Å². The van der Waals surface area contributed by atoms with E-state index in [1.54, 1.807) is 4.90 Å². The molecule has 1 aliphatic rings. The summed E-state index contributed by atoms with van der Waals surface area (Å²) in [4.78, 5) is 25.8. The maximum absolute atomic E-state index is 12.1. The monoisotopic (exact) mass is 339 g/mol. The molecule has 7 nitrogen and oxygen atoms in total. The first kappa shape index (κ1) is 17.4. The second-order valence-corrected chi connectivity index (χ2v) is 7.53. The Balaban J connectivity index is 1.86. The Morgan fingerprint density at radius 1 is 1.26 bits per heavy atom. The van der Waals surface area contributed by atoms with E-state index in [2.05, 4.69) is 10.0 Å². The van der Waals surface area contributed by atoms with E-state index in [4.69, 9.17) is 0 Å². The fourth-order valence-electron chi connectivity index (χ4n) is 2.42. The van der Waals surface area contributed by atoms with Gasteiger partial charge in [0.1, 0.15) is 0 Å². The van der Waals surface area contributed by atoms with Crippen molar-refractivity contribution >= 4 is 27.5 Å². The van der Waals surface area contributed by atoms with Gasteiger partial charge in [-0.25, -0.2) is 13.1 Å². The molecule has 1 aliphatic heterocycles. The van der Waals surface area contributed by atoms with Gasteiger partial charge >= 0.3 is 0 Å². The van der Waals surface area contributed by atoms with E-state index in [-0.39, 0.29) is 31.3 Å². The smallest absolute Gasteiger partial charge is 0.227 e. The van der Waals surface area contributed by atoms with Crippen molar-refractivity contribution in [2.24, 2.45) is 5.92 Å². The SMILES string of the molecule is Cc1ccc(N2CC(C(=O)NCCNS(C)(=O)=O)CC2=O)cc1. The number of carbonyl (C=O) groups excluding carboxylic acids is 2. The number of benzene rings is 1. The number of nitrogens with zero attached hydrogens (tertiary/aromatic N) is 1. The Kier molecular flexibility index (Phi) is 5.38. The first-order valence-electron chi connectivity index (χ1n) is 7.35. The van der Waals surface area contributed by atoms with Gasteiger partial charge in [-0.1, -0.05) is 17.7 Å². The molecule has 0 aromatic heterocycles. The summed E-state index contributed by atoms with van der Waals surface area (Å²) in [5.41, 5.74) is 1.89. The van der Waals surface area contributed by atoms with Crippen molar-refractivity contribution in [3.8, 4) is 0 Å². The van der Waals surface area contributed by atoms with Gasteiger partial charge in [-0.2, -0.15) is 0 Å². The molecule has 1 heterocycles. The van der Waals surface area contributed by atoms with E-state index in [9.17, 15) is 18.0 Å². The summed E-state index contributed by atoms with van der Waals surface area (Å²) in [6.07, 6.45) is 1.23. The summed E-state index contributed by atoms with van der Waals surface area (Å²) >= 11 is 0. The minimum Gasteiger partial charge on any atom is -0.354 e. The molecule has 1 aromatic carbocycles. The molecule has 2 N–H and O–H groups in total. The zero-order valence-corrected chi connectivity index (χ0v) is 14.0. The van der Waals surface area contributed by atoms with Crippen molar-refractivity contribution in [1.29, 1.82) is 0 Å². The molecule has 0 saturated carbocycles. The third kappa shape index (κ3) is 5.04. The van der Waals surface area contributed by atoms with Crippen LogP contribution in [-0.2, 0) is 19.6 Å². The molecular weight excluding hydrogens is 318 g/mol. The third-order valence-electron chi connectivity index (χ3n) is 3.63. The minimum atomic E-state index is -3.26. The maximum Gasteiger partial charge on any atom is 0.227 e. The molecule has 2 amide bonds. The Labute approximate surface area is 136 Å². The van der Waals surface area contributed by atoms with Gasteiger partial charge < -0.3 is 10.2 Å². The van der Waals surface area contributed by atoms with Crippen molar-refractivity contribution in [2.45, 2.75) is 13.3 Å². The van der Waals surface area contributed by atoms with E-state index < -0.39 is 15.9 Å². The highest BCUT2D eigenvalue weighted by Gasteiger charge is 2.34. The lowest BCUT2D eigenvalue weighted by molar-refractivity contribution is -0.126. The number of carbonyl (C=O) groups is 2. The van der Waals surface area contributed by atoms with Crippen molar-refractivity contribution in [1.82, 2.24) is 10.0 Å². The van der Waals surface area contributed by atoms with Crippen LogP contribution in [0.4, 0.5) is 5.69 Å². The minimum absolute atomic E-state index is 0.0803. The lowest BCUT2D eigenvalue weighted by Gasteiger charge is -2.17. The van der Waals surface area contributed by atoms with Crippen LogP contribution in [0.2, 0.25) is 0 Å². The fourth-order valence-corrected chi connectivity index (χ4v) is 2.90. The zero-order valence-electron chi connectivity index (χ0n) is 13.2. The second kappa shape index (κ2) is 7.10. The highest BCUT2D eigenvalue weighted by Crippen LogP contribution is 2.25. The number of sulfonamides is 1. The molecular formula is C15H21N3O4S. The van der Waals surface area contributed by atoms with Crippen LogP contribution in [0.5, 0.6) is 0 Å². The molecule has 8 heteroatoms. The largest absolute Gasteiger partial charge is 0.354 e. The number of anilines is 1. The average molecular weight is 339 g/mol. The first-order chi connectivity index (χ1) is 10.8. The van der Waals surface area contributed by atoms with Gasteiger partial charge in [0.2, 0.25) is 21.8 Å². The Hall–Kier alpha value is -1.93. The second-order valence-electron chi connectivity index (χ2n) is 5.70. The van der Waals surface area contributed by atoms with Crippen LogP contribution in [0, 0.1) is 12.8 Å². The van der Waals surface area contributed by atoms with E-state index in [1.807, 2.05) is 31.2 Å². The predicted molar refractivity (Wildman–Crippen MR) is 87.5 cm³/mol. The summed E-state index contributed by atoms with van der Waals surface area (Å²) in [6, 6.07) is 7.58. The summed E-state index contributed by atoms with van der Waals surface area (Å²) in [5.74, 6) is -0.728. The number of hydrogen-bond acceptors (Lipinski definition) is 4. The Morgan fingerprint density at radius 2 is 1.91 bits per heavy atom. The van der Waals surface area contributed by atoms with E-state index in [1.165, 1.54) is 0 Å². The van der Waals surface area contributed by atoms with Gasteiger partial charge in [-0.3, -0.25) is 9.59 Å². The van der Waals surface area contributed by atoms with Gasteiger partial charge in [-0.05, 0) is 19.1 Å². The number of amides is 2. The molecule has 0 bridgehead atoms. The standard InChI is InChI=1S/C15H21N3O4S/c1-11-3-5-13(6-4-11)18-10-12(9-14(18)19)15(20)16-7-8-17-23(2,21)22/h3-6,12,17H,7-10H2,1-2H3,(H,16,20). The maximum atomic E-state index is 12.1. The van der Waals surface area contributed by atoms with Crippen molar-refractivity contribution < 1.29 is 18.0 Å². The molecule has 0 radical (unpaired) electrons. The molecule has 126 valence electrons. The van der Waals surface area contributed by atoms with Crippen LogP contribution in [0.15, 0.2) is 24.3 Å². The highest BCUT2D eigenvalue weighted by atomic mass is 32.2. The average Bonchev–Trinajstić information content (AvgIpc) is 2.85. The van der Waals surface area contributed by atoms with Crippen LogP contribution in [0.25, 0.3) is 0 Å². The number of nitrogens with one attached hydrogen (secondary N) is 2. The highest BCUT2D eigenvalue weighted by molar-refractivity contribution is 7.88. The molecule has 1 unspecified atom stereocenters. The number of rotatable bonds is 6. The number of aryl methyl sites for hydroxylation is 1. The lowest BCUT2D eigenvalue weighted by atomic mass is 10.1. The Bertz CT molecular complexity index is 685. The normalized spacial score (nSPS) is 18.3. The lowest BCUT2D eigenvalue weighted by Crippen LogP contribution is -2.38. The third-order valence-corrected chi connectivity index (χ3v) is 4.36. The summed E-state index contributed by atoms with van der Waals surface area (Å²) in [6.45, 7) is 2.64. The molecule has 2 rings (SSSR count). The molecule has 1 saturated heterocycles. The van der Waals surface area contributed by atoms with Crippen LogP contribution in [0.1, 0.15) is 12.0 Å². The summed E-state index contributed by atoms with van der Waals surface area (Å²) in [7, 11) is -3.26. The van der Waals surface area contributed by atoms with Crippen molar-refractivity contribution in [3.63, 3.8) is 0 Å². The van der Waals surface area contributed by atoms with Gasteiger partial charge in [0.15, 0.2) is 0 Å². The van der Waals surface area contributed by atoms with Gasteiger partial charge in [0.25, 0.3) is 0 Å². The van der Waals surface area contributed by atoms with Gasteiger partial charge in [0.05, 0.1) is 12.2 Å². The van der Waals surface area contributed by atoms with Crippen LogP contribution in [0.3, 0.4) is 0 Å². The summed E-state index contributed by atoms with van der Waals surface area (Å²) in [5, 5.41) is 2.65. The zero-order chi connectivity index (χ0) is 17.0. The topological polar surface area (TPSA) is 95.6 Å². The molecule has 1 fully saturated rings. The first-order valence-corrected chi connectivity index (χ1v) is 9.25.